The summed E-state index contributed by atoms with van der Waals surface area (Å²) >= 11 is 9.01. The number of hydrogen-bond donors (Lipinski definition) is 2. The van der Waals surface area contributed by atoms with Gasteiger partial charge >= 0.3 is 0 Å². The van der Waals surface area contributed by atoms with Gasteiger partial charge in [-0.1, -0.05) is 11.6 Å². The van der Waals surface area contributed by atoms with E-state index in [9.17, 15) is 8.42 Å². The molecule has 0 spiro atoms. The summed E-state index contributed by atoms with van der Waals surface area (Å²) < 4.78 is 27.7. The van der Waals surface area contributed by atoms with E-state index >= 15 is 0 Å². The molecule has 0 fully saturated rings. The van der Waals surface area contributed by atoms with Crippen molar-refractivity contribution >= 4 is 54.3 Å². The SMILES string of the molecule is O=S(=O)(Nc1cnc(Br)cn1)c1c[nH]c2cc(Cl)ccc12. The van der Waals surface area contributed by atoms with E-state index in [-0.39, 0.29) is 10.7 Å². The number of nitrogens with zero attached hydrogens (tertiary/aromatic N) is 2. The quantitative estimate of drug-likeness (QED) is 0.722. The van der Waals surface area contributed by atoms with E-state index in [4.69, 9.17) is 11.6 Å². The lowest BCUT2D eigenvalue weighted by Gasteiger charge is -2.05. The largest absolute Gasteiger partial charge is 0.360 e. The average molecular weight is 388 g/mol. The van der Waals surface area contributed by atoms with Crippen LogP contribution >= 0.6 is 27.5 Å². The Hall–Kier alpha value is -1.64. The van der Waals surface area contributed by atoms with Gasteiger partial charge in [-0.3, -0.25) is 4.72 Å². The molecule has 3 aromatic rings. The minimum absolute atomic E-state index is 0.124. The number of halogens is 2. The fourth-order valence-corrected chi connectivity index (χ4v) is 3.40. The molecule has 0 atom stereocenters. The summed E-state index contributed by atoms with van der Waals surface area (Å²) in [7, 11) is -3.76. The number of H-pyrrole nitrogens is 1. The second-order valence-electron chi connectivity index (χ2n) is 4.17. The molecular weight excluding hydrogens is 380 g/mol. The zero-order chi connectivity index (χ0) is 15.0. The monoisotopic (exact) mass is 386 g/mol. The first kappa shape index (κ1) is 14.3. The molecule has 2 aromatic heterocycles. The number of sulfonamides is 1. The molecule has 108 valence electrons. The van der Waals surface area contributed by atoms with Crippen LogP contribution < -0.4 is 4.72 Å². The van der Waals surface area contributed by atoms with Crippen LogP contribution in [0.4, 0.5) is 5.82 Å². The first-order valence-electron chi connectivity index (χ1n) is 5.73. The number of aromatic amines is 1. The van der Waals surface area contributed by atoms with Gasteiger partial charge in [-0.2, -0.15) is 0 Å². The lowest BCUT2D eigenvalue weighted by molar-refractivity contribution is 0.602. The second-order valence-corrected chi connectivity index (χ2v) is 7.07. The molecule has 0 radical (unpaired) electrons. The number of nitrogens with one attached hydrogen (secondary N) is 2. The first-order chi connectivity index (χ1) is 9.95. The predicted octanol–water partition coefficient (Wildman–Crippen LogP) is 3.17. The van der Waals surface area contributed by atoms with Gasteiger partial charge in [0.25, 0.3) is 10.0 Å². The van der Waals surface area contributed by atoms with Crippen molar-refractivity contribution in [2.24, 2.45) is 0 Å². The molecule has 3 rings (SSSR count). The zero-order valence-electron chi connectivity index (χ0n) is 10.3. The van der Waals surface area contributed by atoms with Crippen LogP contribution in [0.15, 0.2) is 46.3 Å². The van der Waals surface area contributed by atoms with Crippen LogP contribution in [0.25, 0.3) is 10.9 Å². The molecule has 6 nitrogen and oxygen atoms in total. The molecule has 0 saturated heterocycles. The van der Waals surface area contributed by atoms with Crippen molar-refractivity contribution in [3.8, 4) is 0 Å². The number of anilines is 1. The van der Waals surface area contributed by atoms with Crippen molar-refractivity contribution in [3.05, 3.63) is 46.4 Å². The van der Waals surface area contributed by atoms with Gasteiger partial charge in [0, 0.05) is 22.1 Å². The third kappa shape index (κ3) is 2.87. The molecule has 0 amide bonds. The highest BCUT2D eigenvalue weighted by Gasteiger charge is 2.19. The van der Waals surface area contributed by atoms with E-state index in [2.05, 4.69) is 35.6 Å². The van der Waals surface area contributed by atoms with Crippen LogP contribution in [0, 0.1) is 0 Å². The van der Waals surface area contributed by atoms with Gasteiger partial charge in [-0.05, 0) is 34.1 Å². The maximum atomic E-state index is 12.4. The maximum Gasteiger partial charge on any atom is 0.265 e. The van der Waals surface area contributed by atoms with Gasteiger partial charge in [0.2, 0.25) is 0 Å². The summed E-state index contributed by atoms with van der Waals surface area (Å²) in [5.41, 5.74) is 0.643. The van der Waals surface area contributed by atoms with E-state index in [1.165, 1.54) is 18.6 Å². The minimum atomic E-state index is -3.76. The van der Waals surface area contributed by atoms with Crippen molar-refractivity contribution in [3.63, 3.8) is 0 Å². The number of fused-ring (bicyclic) bond motifs is 1. The molecule has 2 N–H and O–H groups in total. The maximum absolute atomic E-state index is 12.4. The highest BCUT2D eigenvalue weighted by atomic mass is 79.9. The fraction of sp³-hybridized carbons (Fsp3) is 0. The van der Waals surface area contributed by atoms with Gasteiger partial charge in [0.1, 0.15) is 9.50 Å². The fourth-order valence-electron chi connectivity index (χ4n) is 1.85. The van der Waals surface area contributed by atoms with Crippen LogP contribution in [0.1, 0.15) is 0 Å². The van der Waals surface area contributed by atoms with E-state index in [0.29, 0.717) is 20.5 Å². The third-order valence-corrected chi connectivity index (χ3v) is 4.79. The Bertz CT molecular complexity index is 909. The predicted molar refractivity (Wildman–Crippen MR) is 83.8 cm³/mol. The van der Waals surface area contributed by atoms with Gasteiger partial charge < -0.3 is 4.98 Å². The average Bonchev–Trinajstić information content (AvgIpc) is 2.85. The molecule has 0 saturated carbocycles. The molecule has 0 unspecified atom stereocenters. The van der Waals surface area contributed by atoms with E-state index in [1.807, 2.05) is 0 Å². The third-order valence-electron chi connectivity index (χ3n) is 2.75. The second kappa shape index (κ2) is 5.28. The summed E-state index contributed by atoms with van der Waals surface area (Å²) in [5, 5.41) is 1.08. The van der Waals surface area contributed by atoms with Crippen molar-refractivity contribution in [2.45, 2.75) is 4.90 Å². The zero-order valence-corrected chi connectivity index (χ0v) is 13.5. The van der Waals surface area contributed by atoms with Crippen LogP contribution in [0.2, 0.25) is 5.02 Å². The lowest BCUT2D eigenvalue weighted by Crippen LogP contribution is -2.13. The van der Waals surface area contributed by atoms with E-state index in [0.717, 1.165) is 0 Å². The molecule has 0 aliphatic carbocycles. The van der Waals surface area contributed by atoms with Crippen LogP contribution in [-0.4, -0.2) is 23.4 Å². The smallest absolute Gasteiger partial charge is 0.265 e. The Labute approximate surface area is 133 Å². The number of hydrogen-bond acceptors (Lipinski definition) is 4. The summed E-state index contributed by atoms with van der Waals surface area (Å²) in [6, 6.07) is 4.95. The minimum Gasteiger partial charge on any atom is -0.360 e. The van der Waals surface area contributed by atoms with E-state index in [1.54, 1.807) is 18.2 Å². The van der Waals surface area contributed by atoms with Gasteiger partial charge in [0.05, 0.1) is 12.4 Å². The summed E-state index contributed by atoms with van der Waals surface area (Å²) in [6.45, 7) is 0. The normalized spacial score (nSPS) is 11.7. The molecule has 9 heteroatoms. The molecule has 0 aliphatic rings. The Kier molecular flexibility index (Phi) is 3.60. The molecular formula is C12H8BrClN4O2S. The Morgan fingerprint density at radius 2 is 2.05 bits per heavy atom. The molecule has 0 aliphatic heterocycles. The molecule has 1 aromatic carbocycles. The topological polar surface area (TPSA) is 87.7 Å². The Morgan fingerprint density at radius 3 is 2.76 bits per heavy atom. The van der Waals surface area contributed by atoms with Crippen LogP contribution in [0.5, 0.6) is 0 Å². The molecule has 21 heavy (non-hydrogen) atoms. The Balaban J connectivity index is 2.02. The van der Waals surface area contributed by atoms with Crippen molar-refractivity contribution < 1.29 is 8.42 Å². The van der Waals surface area contributed by atoms with Crippen molar-refractivity contribution in [1.82, 2.24) is 15.0 Å². The van der Waals surface area contributed by atoms with Crippen LogP contribution in [0.3, 0.4) is 0 Å². The standard InChI is InChI=1S/C12H8BrClN4O2S/c13-11-5-17-12(6-16-11)18-21(19,20)10-4-15-9-3-7(14)1-2-8(9)10/h1-6,15H,(H,17,18). The summed E-state index contributed by atoms with van der Waals surface area (Å²) in [5.74, 6) is 0.140. The summed E-state index contributed by atoms with van der Waals surface area (Å²) in [4.78, 5) is 10.9. The van der Waals surface area contributed by atoms with Gasteiger partial charge in [-0.25, -0.2) is 18.4 Å². The van der Waals surface area contributed by atoms with Gasteiger partial charge in [-0.15, -0.1) is 0 Å². The Morgan fingerprint density at radius 1 is 1.24 bits per heavy atom. The van der Waals surface area contributed by atoms with Crippen molar-refractivity contribution in [2.75, 3.05) is 4.72 Å². The number of benzene rings is 1. The first-order valence-corrected chi connectivity index (χ1v) is 8.38. The molecule has 2 heterocycles. The van der Waals surface area contributed by atoms with Crippen LogP contribution in [-0.2, 0) is 10.0 Å². The van der Waals surface area contributed by atoms with E-state index < -0.39 is 10.0 Å². The van der Waals surface area contributed by atoms with Gasteiger partial charge in [0.15, 0.2) is 5.82 Å². The molecule has 0 bridgehead atoms. The lowest BCUT2D eigenvalue weighted by atomic mass is 10.2. The number of rotatable bonds is 3. The summed E-state index contributed by atoms with van der Waals surface area (Å²) in [6.07, 6.45) is 4.15. The highest BCUT2D eigenvalue weighted by Crippen LogP contribution is 2.26. The highest BCUT2D eigenvalue weighted by molar-refractivity contribution is 9.10. The van der Waals surface area contributed by atoms with Crippen molar-refractivity contribution in [1.29, 1.82) is 0 Å². The number of aromatic nitrogens is 3.